The topological polar surface area (TPSA) is 29.5 Å². The third-order valence-corrected chi connectivity index (χ3v) is 5.02. The third kappa shape index (κ3) is 1.73. The van der Waals surface area contributed by atoms with Crippen LogP contribution in [0.25, 0.3) is 0 Å². The molecular weight excluding hydrogens is 250 g/mol. The van der Waals surface area contributed by atoms with E-state index in [0.717, 1.165) is 29.7 Å². The molecule has 3 aliphatic rings. The normalized spacial score (nSPS) is 33.0. The van der Waals surface area contributed by atoms with E-state index in [-0.39, 0.29) is 11.9 Å². The van der Waals surface area contributed by atoms with Crippen LogP contribution >= 0.6 is 0 Å². The molecule has 104 valence electrons. The summed E-state index contributed by atoms with van der Waals surface area (Å²) in [6.45, 7) is 0. The molecule has 0 spiro atoms. The zero-order valence-electron chi connectivity index (χ0n) is 11.7. The number of Topliss-reactive ketones (excluding diaryl/α,β-unsaturated/α-hetero) is 1. The molecule has 3 nitrogen and oxygen atoms in total. The van der Waals surface area contributed by atoms with Gasteiger partial charge in [0, 0.05) is 18.5 Å². The van der Waals surface area contributed by atoms with Gasteiger partial charge in [-0.3, -0.25) is 9.69 Å². The number of hydrogen-bond donors (Lipinski definition) is 0. The molecule has 2 bridgehead atoms. The molecule has 20 heavy (non-hydrogen) atoms. The second-order valence-electron chi connectivity index (χ2n) is 6.10. The van der Waals surface area contributed by atoms with Gasteiger partial charge >= 0.3 is 0 Å². The van der Waals surface area contributed by atoms with Gasteiger partial charge in [-0.15, -0.1) is 0 Å². The van der Waals surface area contributed by atoms with Crippen molar-refractivity contribution >= 4 is 5.78 Å². The van der Waals surface area contributed by atoms with Crippen molar-refractivity contribution < 1.29 is 9.53 Å². The molecule has 3 unspecified atom stereocenters. The Bertz CT molecular complexity index is 578. The number of benzene rings is 1. The van der Waals surface area contributed by atoms with E-state index in [4.69, 9.17) is 4.74 Å². The molecule has 0 aromatic heterocycles. The molecular formula is C17H19NO2. The van der Waals surface area contributed by atoms with Crippen LogP contribution in [0.1, 0.15) is 37.4 Å². The minimum Gasteiger partial charge on any atom is -0.489 e. The Morgan fingerprint density at radius 2 is 1.95 bits per heavy atom. The van der Waals surface area contributed by atoms with E-state index in [1.807, 2.05) is 30.3 Å². The summed E-state index contributed by atoms with van der Waals surface area (Å²) >= 11 is 0. The highest BCUT2D eigenvalue weighted by Crippen LogP contribution is 2.44. The summed E-state index contributed by atoms with van der Waals surface area (Å²) in [4.78, 5) is 14.9. The number of ether oxygens (including phenoxy) is 1. The van der Waals surface area contributed by atoms with Crippen LogP contribution in [0.2, 0.25) is 0 Å². The average Bonchev–Trinajstić information content (AvgIpc) is 2.72. The van der Waals surface area contributed by atoms with Gasteiger partial charge in [0.15, 0.2) is 5.78 Å². The fraction of sp³-hybridized carbons (Fsp3) is 0.471. The maximum absolute atomic E-state index is 12.6. The first-order chi connectivity index (χ1) is 9.74. The number of carbonyl (C=O) groups excluding carboxylic acids is 1. The third-order valence-electron chi connectivity index (χ3n) is 5.02. The van der Waals surface area contributed by atoms with Gasteiger partial charge in [0.05, 0.1) is 12.0 Å². The van der Waals surface area contributed by atoms with Crippen LogP contribution in [0, 0.1) is 0 Å². The van der Waals surface area contributed by atoms with Crippen LogP contribution in [-0.2, 0) is 9.53 Å². The molecule has 3 aliphatic heterocycles. The van der Waals surface area contributed by atoms with Gasteiger partial charge in [-0.05, 0) is 25.5 Å². The summed E-state index contributed by atoms with van der Waals surface area (Å²) in [5, 5.41) is 0. The van der Waals surface area contributed by atoms with Gasteiger partial charge in [-0.2, -0.15) is 0 Å². The van der Waals surface area contributed by atoms with Gasteiger partial charge in [0.1, 0.15) is 11.9 Å². The fourth-order valence-corrected chi connectivity index (χ4v) is 3.91. The second kappa shape index (κ2) is 4.45. The lowest BCUT2D eigenvalue weighted by molar-refractivity contribution is -0.121. The summed E-state index contributed by atoms with van der Waals surface area (Å²) in [6.07, 6.45) is 3.58. The van der Waals surface area contributed by atoms with Crippen LogP contribution in [0.4, 0.5) is 0 Å². The van der Waals surface area contributed by atoms with Gasteiger partial charge in [0.25, 0.3) is 0 Å². The standard InChI is InChI=1S/C17H19NO2/c1-18-12-7-8-13(18)17-14(19)10-15(20-16(17)9-12)11-5-3-2-4-6-11/h2-6,12-13,15H,7-10H2,1H3. The van der Waals surface area contributed by atoms with E-state index in [0.29, 0.717) is 18.5 Å². The first-order valence-electron chi connectivity index (χ1n) is 7.44. The summed E-state index contributed by atoms with van der Waals surface area (Å²) in [5.74, 6) is 1.26. The lowest BCUT2D eigenvalue weighted by atomic mass is 9.89. The smallest absolute Gasteiger partial charge is 0.167 e. The molecule has 0 aliphatic carbocycles. The Morgan fingerprint density at radius 3 is 2.75 bits per heavy atom. The number of ketones is 1. The summed E-state index contributed by atoms with van der Waals surface area (Å²) in [5.41, 5.74) is 2.08. The lowest BCUT2D eigenvalue weighted by Crippen LogP contribution is -2.42. The molecule has 1 aromatic carbocycles. The van der Waals surface area contributed by atoms with Gasteiger partial charge in [0.2, 0.25) is 0 Å². The molecule has 4 rings (SSSR count). The molecule has 3 heteroatoms. The molecule has 1 fully saturated rings. The molecule has 0 N–H and O–H groups in total. The van der Waals surface area contributed by atoms with E-state index < -0.39 is 0 Å². The minimum absolute atomic E-state index is 0.0924. The predicted molar refractivity (Wildman–Crippen MR) is 76.1 cm³/mol. The van der Waals surface area contributed by atoms with Crippen molar-refractivity contribution in [2.45, 2.75) is 43.9 Å². The van der Waals surface area contributed by atoms with Crippen molar-refractivity contribution in [3.63, 3.8) is 0 Å². The number of fused-ring (bicyclic) bond motifs is 3. The highest BCUT2D eigenvalue weighted by molar-refractivity contribution is 5.98. The van der Waals surface area contributed by atoms with Crippen molar-refractivity contribution in [3.8, 4) is 0 Å². The molecule has 3 heterocycles. The van der Waals surface area contributed by atoms with E-state index in [9.17, 15) is 4.79 Å². The molecule has 0 amide bonds. The number of carbonyl (C=O) groups is 1. The SMILES string of the molecule is CN1C2CCC1C1=C(C2)OC(c2ccccc2)CC1=O. The fourth-order valence-electron chi connectivity index (χ4n) is 3.91. The first kappa shape index (κ1) is 12.2. The molecule has 3 atom stereocenters. The Morgan fingerprint density at radius 1 is 1.15 bits per heavy atom. The summed E-state index contributed by atoms with van der Waals surface area (Å²) < 4.78 is 6.21. The van der Waals surface area contributed by atoms with Gasteiger partial charge in [-0.25, -0.2) is 0 Å². The highest BCUT2D eigenvalue weighted by atomic mass is 16.5. The summed E-state index contributed by atoms with van der Waals surface area (Å²) in [7, 11) is 2.14. The van der Waals surface area contributed by atoms with Crippen molar-refractivity contribution in [2.24, 2.45) is 0 Å². The van der Waals surface area contributed by atoms with Crippen LogP contribution in [0.15, 0.2) is 41.7 Å². The maximum atomic E-state index is 12.6. The number of likely N-dealkylation sites (N-methyl/N-ethyl adjacent to an activating group) is 1. The van der Waals surface area contributed by atoms with Crippen LogP contribution in [0.5, 0.6) is 0 Å². The van der Waals surface area contributed by atoms with Crippen molar-refractivity contribution in [1.82, 2.24) is 4.90 Å². The van der Waals surface area contributed by atoms with Crippen molar-refractivity contribution in [1.29, 1.82) is 0 Å². The maximum Gasteiger partial charge on any atom is 0.167 e. The molecule has 0 saturated carbocycles. The zero-order chi connectivity index (χ0) is 13.7. The Hall–Kier alpha value is -1.61. The van der Waals surface area contributed by atoms with Crippen molar-refractivity contribution in [3.05, 3.63) is 47.2 Å². The number of rotatable bonds is 1. The Balaban J connectivity index is 1.68. The van der Waals surface area contributed by atoms with Crippen LogP contribution < -0.4 is 0 Å². The second-order valence-corrected chi connectivity index (χ2v) is 6.10. The van der Waals surface area contributed by atoms with Gasteiger partial charge in [-0.1, -0.05) is 30.3 Å². The highest BCUT2D eigenvalue weighted by Gasteiger charge is 2.45. The predicted octanol–water partition coefficient (Wildman–Crippen LogP) is 2.84. The van der Waals surface area contributed by atoms with Gasteiger partial charge < -0.3 is 4.74 Å². The van der Waals surface area contributed by atoms with E-state index in [1.54, 1.807) is 0 Å². The first-order valence-corrected chi connectivity index (χ1v) is 7.44. The van der Waals surface area contributed by atoms with Crippen LogP contribution in [-0.4, -0.2) is 29.8 Å². The van der Waals surface area contributed by atoms with E-state index >= 15 is 0 Å². The van der Waals surface area contributed by atoms with E-state index in [1.165, 1.54) is 6.42 Å². The van der Waals surface area contributed by atoms with Crippen molar-refractivity contribution in [2.75, 3.05) is 7.05 Å². The van der Waals surface area contributed by atoms with E-state index in [2.05, 4.69) is 11.9 Å². The number of hydrogen-bond acceptors (Lipinski definition) is 3. The average molecular weight is 269 g/mol. The minimum atomic E-state index is -0.0924. The Kier molecular flexibility index (Phi) is 2.71. The molecule has 0 radical (unpaired) electrons. The summed E-state index contributed by atoms with van der Waals surface area (Å²) in [6, 6.07) is 11.0. The zero-order valence-corrected chi connectivity index (χ0v) is 11.7. The monoisotopic (exact) mass is 269 g/mol. The van der Waals surface area contributed by atoms with Crippen LogP contribution in [0.3, 0.4) is 0 Å². The lowest BCUT2D eigenvalue weighted by Gasteiger charge is -2.38. The number of nitrogens with zero attached hydrogens (tertiary/aromatic N) is 1. The largest absolute Gasteiger partial charge is 0.489 e. The molecule has 1 saturated heterocycles. The quantitative estimate of drug-likeness (QED) is 0.785. The molecule has 1 aromatic rings. The Labute approximate surface area is 119 Å².